The lowest BCUT2D eigenvalue weighted by Crippen LogP contribution is -2.58. The summed E-state index contributed by atoms with van der Waals surface area (Å²) in [6.45, 7) is -2.95. The molecule has 0 aromatic rings. The third-order valence-corrected chi connectivity index (χ3v) is 8.21. The number of carbonyl (C=O) groups excluding carboxylic acids is 7. The minimum absolute atomic E-state index is 0.0382. The average molecular weight is 779 g/mol. The molecule has 1 heterocycles. The molecule has 23 nitrogen and oxygen atoms in total. The molecule has 6 atom stereocenters. The van der Waals surface area contributed by atoms with Crippen molar-refractivity contribution < 1.29 is 73.5 Å². The van der Waals surface area contributed by atoms with E-state index in [1.807, 2.05) is 0 Å². The Kier molecular flexibility index (Phi) is 20.4. The number of rotatable bonds is 24. The molecule has 1 saturated heterocycles. The molecule has 0 aliphatic carbocycles. The van der Waals surface area contributed by atoms with Crippen molar-refractivity contribution >= 4 is 71.0 Å². The molecule has 0 saturated carbocycles. The fraction of sp³-hybridized carbons (Fsp3) is 0.655. The number of nitrogens with one attached hydrogen (secondary N) is 6. The van der Waals surface area contributed by atoms with Crippen molar-refractivity contribution in [1.29, 1.82) is 0 Å². The number of likely N-dealkylation sites (tertiary alicyclic amines) is 1. The van der Waals surface area contributed by atoms with E-state index in [0.29, 0.717) is 6.42 Å². The normalized spacial score (nSPS) is 16.5. The van der Waals surface area contributed by atoms with Gasteiger partial charge in [0, 0.05) is 13.0 Å². The molecule has 13 N–H and O–H groups in total. The summed E-state index contributed by atoms with van der Waals surface area (Å²) in [5.41, 5.74) is 5.34. The zero-order valence-electron chi connectivity index (χ0n) is 28.7. The molecule has 298 valence electrons. The monoisotopic (exact) mass is 778 g/mol. The first-order valence-corrected chi connectivity index (χ1v) is 17.5. The summed E-state index contributed by atoms with van der Waals surface area (Å²) in [4.78, 5) is 124. The number of nitrogens with two attached hydrogens (primary N) is 1. The van der Waals surface area contributed by atoms with Crippen molar-refractivity contribution in [2.45, 2.75) is 74.8 Å². The molecule has 0 radical (unpaired) electrons. The van der Waals surface area contributed by atoms with E-state index in [4.69, 9.17) is 15.9 Å². The first-order valence-electron chi connectivity index (χ1n) is 16.1. The van der Waals surface area contributed by atoms with Crippen LogP contribution in [0, 0.1) is 0 Å². The van der Waals surface area contributed by atoms with Crippen molar-refractivity contribution in [2.24, 2.45) is 5.73 Å². The topological polar surface area (TPSA) is 373 Å². The average Bonchev–Trinajstić information content (AvgIpc) is 3.60. The summed E-state index contributed by atoms with van der Waals surface area (Å²) < 4.78 is 0. The minimum Gasteiger partial charge on any atom is -0.481 e. The Morgan fingerprint density at radius 2 is 1.32 bits per heavy atom. The van der Waals surface area contributed by atoms with Crippen molar-refractivity contribution in [1.82, 2.24) is 36.8 Å². The van der Waals surface area contributed by atoms with E-state index in [2.05, 4.69) is 31.9 Å². The Morgan fingerprint density at radius 3 is 1.87 bits per heavy atom. The van der Waals surface area contributed by atoms with Crippen LogP contribution in [0.3, 0.4) is 0 Å². The number of nitrogens with zero attached hydrogens (tertiary/aromatic N) is 1. The first kappa shape index (κ1) is 46.0. The van der Waals surface area contributed by atoms with Crippen molar-refractivity contribution in [3.8, 4) is 0 Å². The van der Waals surface area contributed by atoms with E-state index >= 15 is 0 Å². The summed E-state index contributed by atoms with van der Waals surface area (Å²) in [6.07, 6.45) is 0.0794. The predicted molar refractivity (Wildman–Crippen MR) is 180 cm³/mol. The zero-order chi connectivity index (χ0) is 40.2. The van der Waals surface area contributed by atoms with E-state index in [0.717, 1.165) is 4.90 Å². The van der Waals surface area contributed by atoms with E-state index in [1.165, 1.54) is 11.8 Å². The van der Waals surface area contributed by atoms with Gasteiger partial charge in [-0.05, 0) is 37.7 Å². The van der Waals surface area contributed by atoms with Crippen LogP contribution >= 0.6 is 11.8 Å². The van der Waals surface area contributed by atoms with Crippen LogP contribution in [0.1, 0.15) is 38.5 Å². The number of thioether (sulfide) groups is 1. The van der Waals surface area contributed by atoms with E-state index in [9.17, 15) is 63.3 Å². The van der Waals surface area contributed by atoms with Crippen LogP contribution in [-0.2, 0) is 47.9 Å². The number of hydrogen-bond donors (Lipinski definition) is 12. The van der Waals surface area contributed by atoms with Gasteiger partial charge in [0.25, 0.3) is 0 Å². The smallest absolute Gasteiger partial charge is 0.326 e. The van der Waals surface area contributed by atoms with Crippen LogP contribution in [0.5, 0.6) is 0 Å². The Hall–Kier alpha value is -5.07. The fourth-order valence-corrected chi connectivity index (χ4v) is 5.28. The molecule has 1 aliphatic rings. The van der Waals surface area contributed by atoms with Gasteiger partial charge >= 0.3 is 17.9 Å². The van der Waals surface area contributed by atoms with Gasteiger partial charge in [-0.2, -0.15) is 11.8 Å². The number of carboxylic acid groups (broad SMARTS) is 3. The maximum Gasteiger partial charge on any atom is 0.326 e. The van der Waals surface area contributed by atoms with Gasteiger partial charge in [0.1, 0.15) is 36.3 Å². The third-order valence-electron chi connectivity index (χ3n) is 7.57. The second-order valence-electron chi connectivity index (χ2n) is 11.6. The molecule has 24 heteroatoms. The zero-order valence-corrected chi connectivity index (χ0v) is 29.5. The van der Waals surface area contributed by atoms with Gasteiger partial charge < -0.3 is 68.1 Å². The van der Waals surface area contributed by atoms with Crippen LogP contribution in [0.15, 0.2) is 0 Å². The van der Waals surface area contributed by atoms with Gasteiger partial charge in [0.15, 0.2) is 0 Å². The number of aliphatic carboxylic acids is 3. The lowest BCUT2D eigenvalue weighted by Gasteiger charge is -2.28. The second kappa shape index (κ2) is 23.5. The third kappa shape index (κ3) is 16.4. The molecule has 6 unspecified atom stereocenters. The number of carboxylic acids is 3. The van der Waals surface area contributed by atoms with Crippen LogP contribution in [0.2, 0.25) is 0 Å². The highest BCUT2D eigenvalue weighted by Crippen LogP contribution is 2.18. The lowest BCUT2D eigenvalue weighted by atomic mass is 10.1. The highest BCUT2D eigenvalue weighted by molar-refractivity contribution is 7.98. The Bertz CT molecular complexity index is 1370. The van der Waals surface area contributed by atoms with Crippen molar-refractivity contribution in [2.75, 3.05) is 44.9 Å². The Labute approximate surface area is 306 Å². The molecule has 53 heavy (non-hydrogen) atoms. The van der Waals surface area contributed by atoms with Crippen LogP contribution < -0.4 is 37.6 Å². The fourth-order valence-electron chi connectivity index (χ4n) is 4.80. The molecule has 0 aromatic carbocycles. The highest BCUT2D eigenvalue weighted by Gasteiger charge is 2.38. The molecular weight excluding hydrogens is 732 g/mol. The lowest BCUT2D eigenvalue weighted by molar-refractivity contribution is -0.144. The molecule has 7 amide bonds. The number of aliphatic hydroxyl groups excluding tert-OH is 2. The summed E-state index contributed by atoms with van der Waals surface area (Å²) in [5, 5.41) is 59.4. The molecular formula is C29H46N8O15S. The summed E-state index contributed by atoms with van der Waals surface area (Å²) in [5.74, 6) is -10.7. The molecule has 0 spiro atoms. The van der Waals surface area contributed by atoms with E-state index in [1.54, 1.807) is 6.26 Å². The SMILES string of the molecule is CSCCC(NC(=O)C(CC(=O)O)NC(=O)CNC(=O)C1CCCN1C(=O)C(CO)NC(=O)CNC(=O)C(N)CO)C(=O)NC(CCC(=O)O)C(=O)O. The number of carbonyl (C=O) groups is 10. The number of aliphatic hydroxyl groups is 2. The van der Waals surface area contributed by atoms with Crippen LogP contribution in [-0.4, -0.2) is 171 Å². The van der Waals surface area contributed by atoms with Crippen LogP contribution in [0.25, 0.3) is 0 Å². The Morgan fingerprint density at radius 1 is 0.736 bits per heavy atom. The van der Waals surface area contributed by atoms with Gasteiger partial charge in [-0.15, -0.1) is 0 Å². The number of hydrogen-bond acceptors (Lipinski definition) is 14. The maximum atomic E-state index is 13.1. The summed E-state index contributed by atoms with van der Waals surface area (Å²) in [7, 11) is 0. The van der Waals surface area contributed by atoms with Gasteiger partial charge in [-0.1, -0.05) is 0 Å². The molecule has 1 fully saturated rings. The second-order valence-corrected chi connectivity index (χ2v) is 12.6. The minimum atomic E-state index is -1.77. The van der Waals surface area contributed by atoms with E-state index in [-0.39, 0.29) is 25.1 Å². The van der Waals surface area contributed by atoms with Crippen LogP contribution in [0.4, 0.5) is 0 Å². The van der Waals surface area contributed by atoms with Crippen molar-refractivity contribution in [3.05, 3.63) is 0 Å². The van der Waals surface area contributed by atoms with Gasteiger partial charge in [-0.25, -0.2) is 4.79 Å². The molecule has 1 aliphatic heterocycles. The van der Waals surface area contributed by atoms with E-state index < -0.39 is 141 Å². The predicted octanol–water partition coefficient (Wildman–Crippen LogP) is -6.36. The van der Waals surface area contributed by atoms with Gasteiger partial charge in [0.05, 0.1) is 32.7 Å². The molecule has 0 aromatic heterocycles. The maximum absolute atomic E-state index is 13.1. The largest absolute Gasteiger partial charge is 0.481 e. The highest BCUT2D eigenvalue weighted by atomic mass is 32.2. The molecule has 0 bridgehead atoms. The first-order chi connectivity index (χ1) is 24.9. The summed E-state index contributed by atoms with van der Waals surface area (Å²) in [6, 6.07) is -8.74. The van der Waals surface area contributed by atoms with Gasteiger partial charge in [-0.3, -0.25) is 43.2 Å². The Balaban J connectivity index is 2.90. The number of amides is 7. The quantitative estimate of drug-likeness (QED) is 0.0433. The van der Waals surface area contributed by atoms with Gasteiger partial charge in [0.2, 0.25) is 41.4 Å². The summed E-state index contributed by atoms with van der Waals surface area (Å²) >= 11 is 1.27. The standard InChI is InChI=1S/C29H46N8O15S/c1-53-8-6-15(25(47)36-16(29(51)52)4-5-22(42)43)35-26(48)17(9-23(44)45)33-20(40)11-32-27(49)19-3-2-7-37(19)28(50)18(13-39)34-21(41)10-31-24(46)14(30)12-38/h14-19,38-39H,2-13,30H2,1H3,(H,31,46)(H,32,49)(H,33,40)(H,34,41)(H,35,48)(H,36,47)(H,42,43)(H,44,45)(H,51,52). The molecule has 1 rings (SSSR count). The van der Waals surface area contributed by atoms with Crippen molar-refractivity contribution in [3.63, 3.8) is 0 Å².